The Morgan fingerprint density at radius 3 is 2.35 bits per heavy atom. The molecule has 4 aromatic carbocycles. The summed E-state index contributed by atoms with van der Waals surface area (Å²) in [5.41, 5.74) is 3.81. The summed E-state index contributed by atoms with van der Waals surface area (Å²) in [4.78, 5) is 15.0. The van der Waals surface area contributed by atoms with Crippen molar-refractivity contribution in [3.8, 4) is 11.5 Å². The summed E-state index contributed by atoms with van der Waals surface area (Å²) in [5, 5.41) is 3.88. The lowest BCUT2D eigenvalue weighted by Crippen LogP contribution is -2.29. The third-order valence-corrected chi connectivity index (χ3v) is 7.67. The van der Waals surface area contributed by atoms with Gasteiger partial charge < -0.3 is 9.47 Å². The second-order valence-electron chi connectivity index (χ2n) is 8.33. The Morgan fingerprint density at radius 2 is 1.59 bits per heavy atom. The molecule has 0 aliphatic carbocycles. The molecule has 0 amide bonds. The minimum absolute atomic E-state index is 0.0314. The number of rotatable bonds is 5. The maximum absolute atomic E-state index is 13.8. The van der Waals surface area contributed by atoms with Crippen LogP contribution in [-0.2, 0) is 12.8 Å². The van der Waals surface area contributed by atoms with E-state index in [2.05, 4.69) is 47.0 Å². The van der Waals surface area contributed by atoms with Crippen LogP contribution in [-0.4, -0.2) is 18.6 Å². The van der Waals surface area contributed by atoms with Gasteiger partial charge in [-0.3, -0.25) is 0 Å². The van der Waals surface area contributed by atoms with Gasteiger partial charge in [-0.05, 0) is 29.1 Å². The molecule has 34 heavy (non-hydrogen) atoms. The minimum atomic E-state index is -0.0314. The third kappa shape index (κ3) is 2.95. The standard InChI is InChI=1S/C28H23N2O3S/c1-29-21-14-23(32-2)24(33-3)15-22(21)30-27(29)19-12-13-25(34-16-17-8-5-4-6-9-17)18-10-7-11-20(26(18)19)28(30)31/h4-15H,16H2,1-3H3/q+1. The van der Waals surface area contributed by atoms with Crippen molar-refractivity contribution in [2.45, 2.75) is 10.6 Å². The van der Waals surface area contributed by atoms with Crippen LogP contribution in [0.5, 0.6) is 11.5 Å². The van der Waals surface area contributed by atoms with Gasteiger partial charge in [0.05, 0.1) is 32.0 Å². The molecular weight excluding hydrogens is 444 g/mol. The normalized spacial score (nSPS) is 11.7. The fourth-order valence-electron chi connectivity index (χ4n) is 4.92. The Kier molecular flexibility index (Phi) is 4.85. The summed E-state index contributed by atoms with van der Waals surface area (Å²) >= 11 is 1.80. The number of benzene rings is 4. The summed E-state index contributed by atoms with van der Waals surface area (Å²) in [6.07, 6.45) is 0. The zero-order chi connectivity index (χ0) is 23.4. The Morgan fingerprint density at radius 1 is 0.853 bits per heavy atom. The zero-order valence-corrected chi connectivity index (χ0v) is 20.0. The zero-order valence-electron chi connectivity index (χ0n) is 19.2. The molecule has 0 fully saturated rings. The van der Waals surface area contributed by atoms with E-state index in [1.165, 1.54) is 10.5 Å². The average molecular weight is 468 g/mol. The molecule has 0 unspecified atom stereocenters. The monoisotopic (exact) mass is 467 g/mol. The Labute approximate surface area is 200 Å². The van der Waals surface area contributed by atoms with Gasteiger partial charge in [0, 0.05) is 28.2 Å². The molecule has 5 nitrogen and oxygen atoms in total. The van der Waals surface area contributed by atoms with Crippen molar-refractivity contribution in [2.75, 3.05) is 14.2 Å². The fraction of sp³-hybridized carbons (Fsp3) is 0.143. The predicted octanol–water partition coefficient (Wildman–Crippen LogP) is 5.33. The molecule has 6 heteroatoms. The number of aryl methyl sites for hydroxylation is 1. The number of hydrogen-bond acceptors (Lipinski definition) is 4. The van der Waals surface area contributed by atoms with Crippen molar-refractivity contribution in [1.82, 2.24) is 4.40 Å². The third-order valence-electron chi connectivity index (χ3n) is 6.52. The molecule has 2 heterocycles. The average Bonchev–Trinajstić information content (AvgIpc) is 3.17. The molecule has 0 bridgehead atoms. The highest BCUT2D eigenvalue weighted by molar-refractivity contribution is 7.98. The summed E-state index contributed by atoms with van der Waals surface area (Å²) in [5.74, 6) is 2.11. The lowest BCUT2D eigenvalue weighted by molar-refractivity contribution is -0.617. The molecular formula is C28H23N2O3S+. The largest absolute Gasteiger partial charge is 0.493 e. The van der Waals surface area contributed by atoms with Crippen molar-refractivity contribution in [1.29, 1.82) is 0 Å². The van der Waals surface area contributed by atoms with Gasteiger partial charge in [0.1, 0.15) is 0 Å². The maximum Gasteiger partial charge on any atom is 0.347 e. The number of pyridine rings is 1. The first-order chi connectivity index (χ1) is 16.6. The predicted molar refractivity (Wildman–Crippen MR) is 138 cm³/mol. The molecule has 0 aliphatic heterocycles. The van der Waals surface area contributed by atoms with Gasteiger partial charge >= 0.3 is 5.56 Å². The topological polar surface area (TPSA) is 43.8 Å². The molecule has 0 spiro atoms. The van der Waals surface area contributed by atoms with Crippen molar-refractivity contribution in [3.63, 3.8) is 0 Å². The first-order valence-corrected chi connectivity index (χ1v) is 12.0. The van der Waals surface area contributed by atoms with E-state index in [1.807, 2.05) is 37.4 Å². The molecule has 0 atom stereocenters. The second kappa shape index (κ2) is 7.92. The summed E-state index contributed by atoms with van der Waals surface area (Å²) in [7, 11) is 5.22. The van der Waals surface area contributed by atoms with E-state index in [4.69, 9.17) is 9.47 Å². The molecule has 0 saturated heterocycles. The second-order valence-corrected chi connectivity index (χ2v) is 9.35. The van der Waals surface area contributed by atoms with Gasteiger partial charge in [-0.25, -0.2) is 9.36 Å². The first kappa shape index (κ1) is 20.8. The van der Waals surface area contributed by atoms with Crippen LogP contribution in [0.15, 0.2) is 82.5 Å². The van der Waals surface area contributed by atoms with Gasteiger partial charge in [0.25, 0.3) is 5.65 Å². The smallest absolute Gasteiger partial charge is 0.347 e. The molecule has 0 radical (unpaired) electrons. The van der Waals surface area contributed by atoms with Crippen LogP contribution >= 0.6 is 11.8 Å². The number of hydrogen-bond donors (Lipinski definition) is 0. The van der Waals surface area contributed by atoms with E-state index in [1.54, 1.807) is 30.4 Å². The van der Waals surface area contributed by atoms with Crippen molar-refractivity contribution in [2.24, 2.45) is 7.05 Å². The SMILES string of the molecule is COc1cc2c(cc1OC)[n+](C)c1c3ccc(SCc4ccccc4)c4cccc(c(=O)n21)c43. The van der Waals surface area contributed by atoms with Crippen LogP contribution in [0.2, 0.25) is 0 Å². The van der Waals surface area contributed by atoms with Gasteiger partial charge in [0.2, 0.25) is 0 Å². The molecule has 0 saturated carbocycles. The minimum Gasteiger partial charge on any atom is -0.493 e. The van der Waals surface area contributed by atoms with Crippen LogP contribution in [0, 0.1) is 0 Å². The number of aromatic nitrogens is 2. The summed E-state index contributed by atoms with van der Waals surface area (Å²) < 4.78 is 14.9. The molecule has 6 aromatic rings. The van der Waals surface area contributed by atoms with Crippen molar-refractivity contribution in [3.05, 3.63) is 88.7 Å². The molecule has 0 N–H and O–H groups in total. The number of fused-ring (bicyclic) bond motifs is 4. The molecule has 2 aromatic heterocycles. The summed E-state index contributed by atoms with van der Waals surface area (Å²) in [6.45, 7) is 0. The van der Waals surface area contributed by atoms with Crippen LogP contribution in [0.4, 0.5) is 0 Å². The molecule has 168 valence electrons. The van der Waals surface area contributed by atoms with Crippen LogP contribution in [0.25, 0.3) is 38.2 Å². The highest BCUT2D eigenvalue weighted by Crippen LogP contribution is 2.37. The first-order valence-electron chi connectivity index (χ1n) is 11.1. The van der Waals surface area contributed by atoms with Crippen molar-refractivity contribution >= 4 is 50.0 Å². The Bertz CT molecular complexity index is 1760. The lowest BCUT2D eigenvalue weighted by atomic mass is 10.0. The highest BCUT2D eigenvalue weighted by Gasteiger charge is 2.27. The van der Waals surface area contributed by atoms with E-state index >= 15 is 0 Å². The van der Waals surface area contributed by atoms with Crippen LogP contribution in [0.1, 0.15) is 5.56 Å². The van der Waals surface area contributed by atoms with Crippen LogP contribution < -0.4 is 19.6 Å². The fourth-order valence-corrected chi connectivity index (χ4v) is 5.92. The van der Waals surface area contributed by atoms with E-state index in [0.29, 0.717) is 11.5 Å². The van der Waals surface area contributed by atoms with Crippen LogP contribution in [0.3, 0.4) is 0 Å². The quantitative estimate of drug-likeness (QED) is 0.254. The van der Waals surface area contributed by atoms with Gasteiger partial charge in [-0.1, -0.05) is 42.5 Å². The maximum atomic E-state index is 13.8. The van der Waals surface area contributed by atoms with Gasteiger partial charge in [0.15, 0.2) is 22.5 Å². The Balaban J connectivity index is 1.66. The van der Waals surface area contributed by atoms with E-state index in [9.17, 15) is 4.79 Å². The number of imidazole rings is 1. The number of methoxy groups -OCH3 is 2. The van der Waals surface area contributed by atoms with E-state index in [0.717, 1.165) is 44.0 Å². The molecule has 0 aliphatic rings. The highest BCUT2D eigenvalue weighted by atomic mass is 32.2. The van der Waals surface area contributed by atoms with Gasteiger partial charge in [-0.15, -0.1) is 11.8 Å². The van der Waals surface area contributed by atoms with Gasteiger partial charge in [-0.2, -0.15) is 4.40 Å². The lowest BCUT2D eigenvalue weighted by Gasteiger charge is -2.10. The van der Waals surface area contributed by atoms with E-state index < -0.39 is 0 Å². The number of thioether (sulfide) groups is 1. The van der Waals surface area contributed by atoms with E-state index in [-0.39, 0.29) is 5.56 Å². The number of nitrogens with zero attached hydrogens (tertiary/aromatic N) is 2. The summed E-state index contributed by atoms with van der Waals surface area (Å²) in [6, 6.07) is 24.6. The Hall–Kier alpha value is -3.77. The molecule has 6 rings (SSSR count). The van der Waals surface area contributed by atoms with Crippen molar-refractivity contribution < 1.29 is 14.0 Å². The number of ether oxygens (including phenoxy) is 2.